The summed E-state index contributed by atoms with van der Waals surface area (Å²) in [6.07, 6.45) is 1.29. The summed E-state index contributed by atoms with van der Waals surface area (Å²) in [6, 6.07) is 6.58. The summed E-state index contributed by atoms with van der Waals surface area (Å²) in [5.41, 5.74) is 0.831. The van der Waals surface area contributed by atoms with Gasteiger partial charge in [0, 0.05) is 32.6 Å². The number of carbonyl (C=O) groups is 1. The Morgan fingerprint density at radius 3 is 2.70 bits per heavy atom. The number of nitrogens with one attached hydrogen (secondary N) is 3. The Balaban J connectivity index is 0.00000484. The summed E-state index contributed by atoms with van der Waals surface area (Å²) in [4.78, 5) is 15.7. The smallest absolute Gasteiger partial charge is 0.221 e. The molecule has 0 aliphatic carbocycles. The van der Waals surface area contributed by atoms with Gasteiger partial charge in [-0.05, 0) is 31.0 Å². The first kappa shape index (κ1) is 21.6. The summed E-state index contributed by atoms with van der Waals surface area (Å²) in [5.74, 6) is 0.340. The zero-order chi connectivity index (χ0) is 16.4. The fraction of sp³-hybridized carbons (Fsp3) is 0.500. The van der Waals surface area contributed by atoms with E-state index >= 15 is 0 Å². The van der Waals surface area contributed by atoms with Crippen molar-refractivity contribution in [1.82, 2.24) is 16.0 Å². The summed E-state index contributed by atoms with van der Waals surface area (Å²) in [6.45, 7) is 4.97. The lowest BCUT2D eigenvalue weighted by Gasteiger charge is -2.13. The van der Waals surface area contributed by atoms with Gasteiger partial charge in [-0.3, -0.25) is 9.79 Å². The molecule has 5 nitrogen and oxygen atoms in total. The molecule has 1 unspecified atom stereocenters. The van der Waals surface area contributed by atoms with Gasteiger partial charge in [-0.1, -0.05) is 19.1 Å². The number of aliphatic imine (C=N–C) groups is 1. The molecule has 0 aliphatic heterocycles. The van der Waals surface area contributed by atoms with Gasteiger partial charge < -0.3 is 16.0 Å². The van der Waals surface area contributed by atoms with Crippen molar-refractivity contribution in [2.24, 2.45) is 4.99 Å². The number of guanidine groups is 1. The molecule has 3 N–H and O–H groups in total. The minimum Gasteiger partial charge on any atom is -0.356 e. The summed E-state index contributed by atoms with van der Waals surface area (Å²) >= 11 is 0. The van der Waals surface area contributed by atoms with E-state index in [1.807, 2.05) is 19.9 Å². The second-order valence-electron chi connectivity index (χ2n) is 5.11. The van der Waals surface area contributed by atoms with Crippen LogP contribution in [-0.4, -0.2) is 31.5 Å². The molecule has 0 fully saturated rings. The first-order valence-electron chi connectivity index (χ1n) is 7.53. The Kier molecular flexibility index (Phi) is 11.4. The van der Waals surface area contributed by atoms with E-state index in [-0.39, 0.29) is 41.7 Å². The number of hydrogen-bond acceptors (Lipinski definition) is 2. The van der Waals surface area contributed by atoms with Crippen LogP contribution in [0.1, 0.15) is 32.3 Å². The molecule has 0 aromatic heterocycles. The van der Waals surface area contributed by atoms with E-state index in [0.717, 1.165) is 12.0 Å². The molecule has 23 heavy (non-hydrogen) atoms. The van der Waals surface area contributed by atoms with Crippen LogP contribution in [0.25, 0.3) is 0 Å². The molecule has 0 saturated heterocycles. The fourth-order valence-electron chi connectivity index (χ4n) is 1.80. The van der Waals surface area contributed by atoms with Crippen molar-refractivity contribution in [3.05, 3.63) is 35.6 Å². The molecule has 1 aromatic carbocycles. The highest BCUT2D eigenvalue weighted by atomic mass is 127. The highest BCUT2D eigenvalue weighted by Gasteiger charge is 2.05. The van der Waals surface area contributed by atoms with Crippen molar-refractivity contribution in [2.45, 2.75) is 39.3 Å². The van der Waals surface area contributed by atoms with Crippen molar-refractivity contribution in [3.8, 4) is 0 Å². The van der Waals surface area contributed by atoms with Gasteiger partial charge in [0.15, 0.2) is 5.96 Å². The van der Waals surface area contributed by atoms with E-state index in [2.05, 4.69) is 20.9 Å². The van der Waals surface area contributed by atoms with Gasteiger partial charge in [0.1, 0.15) is 5.82 Å². The van der Waals surface area contributed by atoms with Crippen LogP contribution in [0.3, 0.4) is 0 Å². The summed E-state index contributed by atoms with van der Waals surface area (Å²) in [5, 5.41) is 9.04. The summed E-state index contributed by atoms with van der Waals surface area (Å²) < 4.78 is 13.1. The topological polar surface area (TPSA) is 65.5 Å². The van der Waals surface area contributed by atoms with Crippen molar-refractivity contribution in [2.75, 3.05) is 13.6 Å². The van der Waals surface area contributed by atoms with Crippen molar-refractivity contribution < 1.29 is 9.18 Å². The third kappa shape index (κ3) is 9.37. The van der Waals surface area contributed by atoms with Crippen LogP contribution < -0.4 is 16.0 Å². The van der Waals surface area contributed by atoms with Gasteiger partial charge in [0.25, 0.3) is 0 Å². The molecule has 7 heteroatoms. The molecular formula is C16H26FIN4O. The lowest BCUT2D eigenvalue weighted by molar-refractivity contribution is -0.121. The lowest BCUT2D eigenvalue weighted by Crippen LogP contribution is -2.40. The van der Waals surface area contributed by atoms with E-state index in [1.54, 1.807) is 13.1 Å². The van der Waals surface area contributed by atoms with Crippen LogP contribution in [0.15, 0.2) is 29.3 Å². The average Bonchev–Trinajstić information content (AvgIpc) is 2.50. The van der Waals surface area contributed by atoms with Crippen LogP contribution in [0, 0.1) is 5.82 Å². The molecule has 0 aliphatic rings. The molecule has 1 atom stereocenters. The number of carbonyl (C=O) groups excluding carboxylic acids is 1. The Morgan fingerprint density at radius 2 is 2.09 bits per heavy atom. The zero-order valence-corrected chi connectivity index (χ0v) is 16.2. The minimum absolute atomic E-state index is 0. The number of amides is 1. The molecular weight excluding hydrogens is 410 g/mol. The quantitative estimate of drug-likeness (QED) is 0.350. The Morgan fingerprint density at radius 1 is 1.35 bits per heavy atom. The number of hydrogen-bond donors (Lipinski definition) is 3. The third-order valence-electron chi connectivity index (χ3n) is 3.24. The zero-order valence-electron chi connectivity index (χ0n) is 13.9. The van der Waals surface area contributed by atoms with Crippen LogP contribution in [0.5, 0.6) is 0 Å². The Hall–Kier alpha value is -1.38. The number of nitrogens with zero attached hydrogens (tertiary/aromatic N) is 1. The second kappa shape index (κ2) is 12.1. The Labute approximate surface area is 154 Å². The third-order valence-corrected chi connectivity index (χ3v) is 3.24. The van der Waals surface area contributed by atoms with E-state index in [4.69, 9.17) is 0 Å². The van der Waals surface area contributed by atoms with Gasteiger partial charge in [-0.25, -0.2) is 4.39 Å². The largest absolute Gasteiger partial charge is 0.356 e. The molecule has 0 heterocycles. The molecule has 130 valence electrons. The summed E-state index contributed by atoms with van der Waals surface area (Å²) in [7, 11) is 1.65. The number of benzene rings is 1. The maximum absolute atomic E-state index is 13.1. The molecule has 1 rings (SSSR count). The number of halogens is 2. The number of rotatable bonds is 7. The molecule has 1 aromatic rings. The predicted molar refractivity (Wildman–Crippen MR) is 103 cm³/mol. The maximum Gasteiger partial charge on any atom is 0.221 e. The SMILES string of the molecule is CCC(C)NC(=O)CCNC(=NC)NCc1cccc(F)c1.I. The monoisotopic (exact) mass is 436 g/mol. The van der Waals surface area contributed by atoms with Crippen molar-refractivity contribution in [1.29, 1.82) is 0 Å². The predicted octanol–water partition coefficient (Wildman–Crippen LogP) is 2.41. The minimum atomic E-state index is -0.260. The maximum atomic E-state index is 13.1. The van der Waals surface area contributed by atoms with Crippen LogP contribution >= 0.6 is 24.0 Å². The lowest BCUT2D eigenvalue weighted by atomic mass is 10.2. The van der Waals surface area contributed by atoms with Crippen LogP contribution in [0.4, 0.5) is 4.39 Å². The van der Waals surface area contributed by atoms with Gasteiger partial charge in [-0.2, -0.15) is 0 Å². The van der Waals surface area contributed by atoms with Gasteiger partial charge in [0.05, 0.1) is 0 Å². The van der Waals surface area contributed by atoms with Crippen molar-refractivity contribution >= 4 is 35.8 Å². The second-order valence-corrected chi connectivity index (χ2v) is 5.11. The molecule has 0 saturated carbocycles. The van der Waals surface area contributed by atoms with Crippen LogP contribution in [0.2, 0.25) is 0 Å². The average molecular weight is 436 g/mol. The van der Waals surface area contributed by atoms with E-state index in [0.29, 0.717) is 25.5 Å². The highest BCUT2D eigenvalue weighted by Crippen LogP contribution is 2.02. The molecule has 1 amide bonds. The van der Waals surface area contributed by atoms with Gasteiger partial charge in [0.2, 0.25) is 5.91 Å². The normalized spacial score (nSPS) is 12.1. The molecule has 0 bridgehead atoms. The first-order valence-corrected chi connectivity index (χ1v) is 7.53. The van der Waals surface area contributed by atoms with Gasteiger partial charge in [-0.15, -0.1) is 24.0 Å². The fourth-order valence-corrected chi connectivity index (χ4v) is 1.80. The van der Waals surface area contributed by atoms with Crippen molar-refractivity contribution in [3.63, 3.8) is 0 Å². The Bertz CT molecular complexity index is 511. The van der Waals surface area contributed by atoms with E-state index < -0.39 is 0 Å². The van der Waals surface area contributed by atoms with E-state index in [1.165, 1.54) is 12.1 Å². The molecule has 0 spiro atoms. The first-order chi connectivity index (χ1) is 10.5. The van der Waals surface area contributed by atoms with Crippen LogP contribution in [-0.2, 0) is 11.3 Å². The van der Waals surface area contributed by atoms with Gasteiger partial charge >= 0.3 is 0 Å². The molecule has 0 radical (unpaired) electrons. The highest BCUT2D eigenvalue weighted by molar-refractivity contribution is 14.0. The van der Waals surface area contributed by atoms with E-state index in [9.17, 15) is 9.18 Å². The standard InChI is InChI=1S/C16H25FN4O.HI/c1-4-12(2)21-15(22)8-9-19-16(18-3)20-11-13-6-5-7-14(17)10-13;/h5-7,10,12H,4,8-9,11H2,1-3H3,(H,21,22)(H2,18,19,20);1H.